The fourth-order valence-corrected chi connectivity index (χ4v) is 2.98. The molecule has 20 heavy (non-hydrogen) atoms. The maximum absolute atomic E-state index is 12.3. The van der Waals surface area contributed by atoms with Crippen LogP contribution < -0.4 is 10.6 Å². The zero-order valence-electron chi connectivity index (χ0n) is 11.9. The highest BCUT2D eigenvalue weighted by molar-refractivity contribution is 9.10. The van der Waals surface area contributed by atoms with Crippen LogP contribution in [0.4, 0.5) is 5.82 Å². The second-order valence-corrected chi connectivity index (χ2v) is 6.21. The Morgan fingerprint density at radius 1 is 1.40 bits per heavy atom. The molecule has 1 aromatic heterocycles. The first-order valence-electron chi connectivity index (χ1n) is 7.38. The molecule has 2 rings (SSSR count). The first-order chi connectivity index (χ1) is 9.70. The third kappa shape index (κ3) is 4.20. The Kier molecular flexibility index (Phi) is 5.83. The van der Waals surface area contributed by atoms with E-state index in [9.17, 15) is 4.79 Å². The number of hydrogen-bond acceptors (Lipinski definition) is 3. The summed E-state index contributed by atoms with van der Waals surface area (Å²) in [5.74, 6) is 1.24. The van der Waals surface area contributed by atoms with E-state index in [-0.39, 0.29) is 5.91 Å². The molecule has 1 amide bonds. The monoisotopic (exact) mass is 339 g/mol. The molecule has 5 heteroatoms. The van der Waals surface area contributed by atoms with Crippen LogP contribution in [0.1, 0.15) is 49.4 Å². The van der Waals surface area contributed by atoms with Crippen LogP contribution in [0.5, 0.6) is 0 Å². The summed E-state index contributed by atoms with van der Waals surface area (Å²) >= 11 is 3.37. The highest BCUT2D eigenvalue weighted by Gasteiger charge is 2.17. The molecule has 1 aromatic rings. The number of aromatic nitrogens is 1. The van der Waals surface area contributed by atoms with E-state index in [1.165, 1.54) is 32.1 Å². The minimum Gasteiger partial charge on any atom is -0.370 e. The number of amides is 1. The van der Waals surface area contributed by atoms with E-state index < -0.39 is 0 Å². The molecule has 2 N–H and O–H groups in total. The molecule has 0 radical (unpaired) electrons. The van der Waals surface area contributed by atoms with E-state index in [2.05, 4.69) is 31.5 Å². The van der Waals surface area contributed by atoms with Gasteiger partial charge in [-0.2, -0.15) is 0 Å². The SMILES string of the molecule is CCNc1ncc(Br)cc1C(=O)NCC1CCCCC1. The maximum atomic E-state index is 12.3. The Morgan fingerprint density at radius 3 is 2.85 bits per heavy atom. The molecule has 0 aliphatic heterocycles. The number of hydrogen-bond donors (Lipinski definition) is 2. The maximum Gasteiger partial charge on any atom is 0.255 e. The average Bonchev–Trinajstić information content (AvgIpc) is 2.48. The fraction of sp³-hybridized carbons (Fsp3) is 0.600. The first-order valence-corrected chi connectivity index (χ1v) is 8.17. The zero-order chi connectivity index (χ0) is 14.4. The summed E-state index contributed by atoms with van der Waals surface area (Å²) in [5.41, 5.74) is 0.608. The van der Waals surface area contributed by atoms with Crippen LogP contribution in [0.3, 0.4) is 0 Å². The lowest BCUT2D eigenvalue weighted by atomic mass is 9.89. The van der Waals surface area contributed by atoms with Gasteiger partial charge in [-0.25, -0.2) is 4.98 Å². The van der Waals surface area contributed by atoms with Crippen LogP contribution in [-0.2, 0) is 0 Å². The highest BCUT2D eigenvalue weighted by atomic mass is 79.9. The molecule has 1 aliphatic rings. The predicted molar refractivity (Wildman–Crippen MR) is 85.0 cm³/mol. The molecule has 1 saturated carbocycles. The van der Waals surface area contributed by atoms with Crippen molar-refractivity contribution < 1.29 is 4.79 Å². The Bertz CT molecular complexity index is 458. The molecule has 0 spiro atoms. The standard InChI is InChI=1S/C15H22BrN3O/c1-2-17-14-13(8-12(16)10-18-14)15(20)19-9-11-6-4-3-5-7-11/h8,10-11H,2-7,9H2,1H3,(H,17,18)(H,19,20). The second kappa shape index (κ2) is 7.62. The molecule has 1 aliphatic carbocycles. The van der Waals surface area contributed by atoms with Gasteiger partial charge in [0.25, 0.3) is 5.91 Å². The minimum atomic E-state index is -0.0414. The van der Waals surface area contributed by atoms with E-state index in [0.717, 1.165) is 17.6 Å². The molecule has 0 atom stereocenters. The quantitative estimate of drug-likeness (QED) is 0.861. The van der Waals surface area contributed by atoms with Gasteiger partial charge < -0.3 is 10.6 Å². The summed E-state index contributed by atoms with van der Waals surface area (Å²) in [7, 11) is 0. The summed E-state index contributed by atoms with van der Waals surface area (Å²) in [4.78, 5) is 16.6. The Morgan fingerprint density at radius 2 is 2.15 bits per heavy atom. The molecule has 0 saturated heterocycles. The smallest absolute Gasteiger partial charge is 0.255 e. The topological polar surface area (TPSA) is 54.0 Å². The number of rotatable bonds is 5. The van der Waals surface area contributed by atoms with Crippen LogP contribution in [0.25, 0.3) is 0 Å². The summed E-state index contributed by atoms with van der Waals surface area (Å²) in [6.45, 7) is 3.52. The highest BCUT2D eigenvalue weighted by Crippen LogP contribution is 2.23. The summed E-state index contributed by atoms with van der Waals surface area (Å²) in [6, 6.07) is 1.82. The van der Waals surface area contributed by atoms with Gasteiger partial charge >= 0.3 is 0 Å². The normalized spacial score (nSPS) is 15.9. The lowest BCUT2D eigenvalue weighted by Gasteiger charge is -2.22. The van der Waals surface area contributed by atoms with Gasteiger partial charge in [0.2, 0.25) is 0 Å². The third-order valence-electron chi connectivity index (χ3n) is 3.72. The number of halogens is 1. The van der Waals surface area contributed by atoms with Gasteiger partial charge in [-0.1, -0.05) is 19.3 Å². The number of carbonyl (C=O) groups excluding carboxylic acids is 1. The van der Waals surface area contributed by atoms with Crippen molar-refractivity contribution in [2.45, 2.75) is 39.0 Å². The Balaban J connectivity index is 1.98. The van der Waals surface area contributed by atoms with E-state index in [0.29, 0.717) is 17.3 Å². The van der Waals surface area contributed by atoms with E-state index >= 15 is 0 Å². The first kappa shape index (κ1) is 15.3. The Labute approximate surface area is 128 Å². The van der Waals surface area contributed by atoms with Crippen molar-refractivity contribution in [3.63, 3.8) is 0 Å². The third-order valence-corrected chi connectivity index (χ3v) is 4.15. The van der Waals surface area contributed by atoms with Crippen LogP contribution in [0, 0.1) is 5.92 Å². The zero-order valence-corrected chi connectivity index (χ0v) is 13.5. The van der Waals surface area contributed by atoms with Gasteiger partial charge in [-0.3, -0.25) is 4.79 Å². The van der Waals surface area contributed by atoms with Crippen molar-refractivity contribution >= 4 is 27.7 Å². The molecule has 1 heterocycles. The molecule has 110 valence electrons. The predicted octanol–water partition coefficient (Wildman–Crippen LogP) is 3.59. The molecular weight excluding hydrogens is 318 g/mol. The minimum absolute atomic E-state index is 0.0414. The van der Waals surface area contributed by atoms with Gasteiger partial charge in [0, 0.05) is 23.8 Å². The van der Waals surface area contributed by atoms with E-state index in [1.54, 1.807) is 6.20 Å². The number of pyridine rings is 1. The lowest BCUT2D eigenvalue weighted by Crippen LogP contribution is -2.31. The molecule has 0 bridgehead atoms. The lowest BCUT2D eigenvalue weighted by molar-refractivity contribution is 0.0944. The summed E-state index contributed by atoms with van der Waals surface area (Å²) < 4.78 is 0.821. The molecule has 0 unspecified atom stereocenters. The van der Waals surface area contributed by atoms with E-state index in [4.69, 9.17) is 0 Å². The van der Waals surface area contributed by atoms with Crippen molar-refractivity contribution in [1.82, 2.24) is 10.3 Å². The molecular formula is C15H22BrN3O. The van der Waals surface area contributed by atoms with Crippen LogP contribution in [0.15, 0.2) is 16.7 Å². The van der Waals surface area contributed by atoms with Crippen molar-refractivity contribution in [3.05, 3.63) is 22.3 Å². The summed E-state index contributed by atoms with van der Waals surface area (Å²) in [6.07, 6.45) is 8.10. The van der Waals surface area contributed by atoms with Crippen molar-refractivity contribution in [2.24, 2.45) is 5.92 Å². The van der Waals surface area contributed by atoms with Gasteiger partial charge in [-0.05, 0) is 47.7 Å². The van der Waals surface area contributed by atoms with Gasteiger partial charge in [0.1, 0.15) is 5.82 Å². The summed E-state index contributed by atoms with van der Waals surface area (Å²) in [5, 5.41) is 6.18. The number of anilines is 1. The molecule has 1 fully saturated rings. The van der Waals surface area contributed by atoms with E-state index in [1.807, 2.05) is 13.0 Å². The van der Waals surface area contributed by atoms with Gasteiger partial charge in [0.15, 0.2) is 0 Å². The molecule has 0 aromatic carbocycles. The fourth-order valence-electron chi connectivity index (χ4n) is 2.64. The number of carbonyl (C=O) groups is 1. The average molecular weight is 340 g/mol. The van der Waals surface area contributed by atoms with Crippen molar-refractivity contribution in [3.8, 4) is 0 Å². The van der Waals surface area contributed by atoms with Crippen LogP contribution >= 0.6 is 15.9 Å². The Hall–Kier alpha value is -1.10. The van der Waals surface area contributed by atoms with Crippen molar-refractivity contribution in [2.75, 3.05) is 18.4 Å². The number of nitrogens with zero attached hydrogens (tertiary/aromatic N) is 1. The van der Waals surface area contributed by atoms with Crippen molar-refractivity contribution in [1.29, 1.82) is 0 Å². The number of nitrogens with one attached hydrogen (secondary N) is 2. The second-order valence-electron chi connectivity index (χ2n) is 5.29. The van der Waals surface area contributed by atoms with Crippen LogP contribution in [0.2, 0.25) is 0 Å². The van der Waals surface area contributed by atoms with Gasteiger partial charge in [0.05, 0.1) is 5.56 Å². The van der Waals surface area contributed by atoms with Gasteiger partial charge in [-0.15, -0.1) is 0 Å². The largest absolute Gasteiger partial charge is 0.370 e. The molecule has 4 nitrogen and oxygen atoms in total. The van der Waals surface area contributed by atoms with Crippen LogP contribution in [-0.4, -0.2) is 24.0 Å².